The maximum atomic E-state index is 13.5. The van der Waals surface area contributed by atoms with Crippen molar-refractivity contribution >= 4 is 15.6 Å². The van der Waals surface area contributed by atoms with Gasteiger partial charge in [-0.25, -0.2) is 12.8 Å². The van der Waals surface area contributed by atoms with Crippen LogP contribution >= 0.6 is 0 Å². The molecule has 21 heavy (non-hydrogen) atoms. The molecule has 0 saturated carbocycles. The average Bonchev–Trinajstić information content (AvgIpc) is 2.41. The van der Waals surface area contributed by atoms with Gasteiger partial charge in [-0.15, -0.1) is 0 Å². The molecule has 2 rings (SSSR count). The van der Waals surface area contributed by atoms with Gasteiger partial charge in [-0.2, -0.15) is 0 Å². The molecule has 0 heterocycles. The van der Waals surface area contributed by atoms with Gasteiger partial charge in [0.1, 0.15) is 11.6 Å². The molecule has 2 aromatic carbocycles. The van der Waals surface area contributed by atoms with Crippen molar-refractivity contribution in [1.82, 2.24) is 0 Å². The van der Waals surface area contributed by atoms with E-state index in [4.69, 9.17) is 0 Å². The summed E-state index contributed by atoms with van der Waals surface area (Å²) in [7, 11) is -3.69. The van der Waals surface area contributed by atoms with Crippen molar-refractivity contribution in [2.24, 2.45) is 0 Å². The van der Waals surface area contributed by atoms with Crippen molar-refractivity contribution < 1.29 is 17.6 Å². The summed E-state index contributed by atoms with van der Waals surface area (Å²) in [5, 5.41) is 0. The number of carbonyl (C=O) groups is 1. The molecule has 0 fully saturated rings. The van der Waals surface area contributed by atoms with E-state index in [0.717, 1.165) is 5.56 Å². The molecule has 0 aliphatic heterocycles. The maximum absolute atomic E-state index is 13.5. The first-order valence-electron chi connectivity index (χ1n) is 6.43. The van der Waals surface area contributed by atoms with E-state index in [1.807, 2.05) is 0 Å². The van der Waals surface area contributed by atoms with Gasteiger partial charge in [0.05, 0.1) is 4.90 Å². The zero-order chi connectivity index (χ0) is 15.5. The summed E-state index contributed by atoms with van der Waals surface area (Å²) in [4.78, 5) is 12.0. The molecular weight excluding hydrogens is 291 g/mol. The van der Waals surface area contributed by atoms with Crippen LogP contribution in [0, 0.1) is 12.7 Å². The second-order valence-corrected chi connectivity index (χ2v) is 6.87. The molecule has 0 N–H and O–H groups in total. The van der Waals surface area contributed by atoms with E-state index in [1.165, 1.54) is 30.3 Å². The Balaban J connectivity index is 2.14. The summed E-state index contributed by atoms with van der Waals surface area (Å²) in [5.74, 6) is -1.65. The number of Topliss-reactive ketones (excluding diaryl/α,β-unsaturated/α-hetero) is 1. The highest BCUT2D eigenvalue weighted by molar-refractivity contribution is 7.92. The van der Waals surface area contributed by atoms with Crippen LogP contribution in [-0.4, -0.2) is 20.0 Å². The smallest absolute Gasteiger partial charge is 0.185 e. The number of sulfone groups is 1. The Kier molecular flexibility index (Phi) is 4.53. The van der Waals surface area contributed by atoms with Crippen molar-refractivity contribution in [3.63, 3.8) is 0 Å². The van der Waals surface area contributed by atoms with Gasteiger partial charge in [-0.05, 0) is 36.2 Å². The molecule has 2 aromatic rings. The normalized spacial score (nSPS) is 11.3. The molecule has 0 radical (unpaired) electrons. The zero-order valence-corrected chi connectivity index (χ0v) is 12.4. The fourth-order valence-electron chi connectivity index (χ4n) is 2.01. The topological polar surface area (TPSA) is 51.2 Å². The van der Waals surface area contributed by atoms with Crippen molar-refractivity contribution in [1.29, 1.82) is 0 Å². The number of hydrogen-bond acceptors (Lipinski definition) is 3. The molecule has 0 spiro atoms. The molecule has 0 amide bonds. The molecule has 0 unspecified atom stereocenters. The van der Waals surface area contributed by atoms with Crippen molar-refractivity contribution in [2.75, 3.05) is 5.75 Å². The zero-order valence-electron chi connectivity index (χ0n) is 11.5. The molecular formula is C16H15FO3S. The van der Waals surface area contributed by atoms with Crippen LogP contribution in [0.1, 0.15) is 11.1 Å². The lowest BCUT2D eigenvalue weighted by atomic mass is 10.1. The summed E-state index contributed by atoms with van der Waals surface area (Å²) in [5.41, 5.74) is 1.01. The van der Waals surface area contributed by atoms with Crippen molar-refractivity contribution in [3.05, 3.63) is 65.5 Å². The summed E-state index contributed by atoms with van der Waals surface area (Å²) >= 11 is 0. The number of rotatable bonds is 5. The highest BCUT2D eigenvalue weighted by Gasteiger charge is 2.20. The maximum Gasteiger partial charge on any atom is 0.185 e. The summed E-state index contributed by atoms with van der Waals surface area (Å²) in [6.07, 6.45) is -0.224. The number of hydrogen-bond donors (Lipinski definition) is 0. The van der Waals surface area contributed by atoms with Crippen LogP contribution in [0.2, 0.25) is 0 Å². The van der Waals surface area contributed by atoms with Gasteiger partial charge < -0.3 is 0 Å². The van der Waals surface area contributed by atoms with Crippen LogP contribution in [0.25, 0.3) is 0 Å². The summed E-state index contributed by atoms with van der Waals surface area (Å²) < 4.78 is 37.8. The SMILES string of the molecule is Cc1cccc(S(=O)(=O)CC(=O)Cc2ccccc2F)c1. The van der Waals surface area contributed by atoms with Gasteiger partial charge in [0, 0.05) is 6.42 Å². The third kappa shape index (κ3) is 3.98. The molecule has 0 aliphatic rings. The molecule has 3 nitrogen and oxygen atoms in total. The number of aryl methyl sites for hydroxylation is 1. The lowest BCUT2D eigenvalue weighted by Gasteiger charge is -2.06. The molecule has 0 atom stereocenters. The minimum atomic E-state index is -3.69. The molecule has 0 saturated heterocycles. The van der Waals surface area contributed by atoms with Gasteiger partial charge in [0.15, 0.2) is 15.6 Å². The number of carbonyl (C=O) groups excluding carboxylic acids is 1. The summed E-state index contributed by atoms with van der Waals surface area (Å²) in [6, 6.07) is 12.2. The van der Waals surface area contributed by atoms with E-state index in [2.05, 4.69) is 0 Å². The standard InChI is InChI=1S/C16H15FO3S/c1-12-5-4-7-15(9-12)21(19,20)11-14(18)10-13-6-2-3-8-16(13)17/h2-9H,10-11H2,1H3. The number of halogens is 1. The molecule has 0 aromatic heterocycles. The largest absolute Gasteiger partial charge is 0.298 e. The van der Waals surface area contributed by atoms with Crippen LogP contribution < -0.4 is 0 Å². The Bertz CT molecular complexity index is 767. The molecule has 5 heteroatoms. The van der Waals surface area contributed by atoms with E-state index in [0.29, 0.717) is 0 Å². The average molecular weight is 306 g/mol. The number of benzene rings is 2. The highest BCUT2D eigenvalue weighted by Crippen LogP contribution is 2.14. The van der Waals surface area contributed by atoms with Crippen LogP contribution in [-0.2, 0) is 21.1 Å². The first kappa shape index (κ1) is 15.4. The van der Waals surface area contributed by atoms with E-state index >= 15 is 0 Å². The third-order valence-electron chi connectivity index (χ3n) is 3.05. The highest BCUT2D eigenvalue weighted by atomic mass is 32.2. The van der Waals surface area contributed by atoms with Crippen LogP contribution in [0.3, 0.4) is 0 Å². The Morgan fingerprint density at radius 3 is 2.48 bits per heavy atom. The number of ketones is 1. The van der Waals surface area contributed by atoms with E-state index in [9.17, 15) is 17.6 Å². The van der Waals surface area contributed by atoms with E-state index in [-0.39, 0.29) is 16.9 Å². The van der Waals surface area contributed by atoms with Gasteiger partial charge in [-0.3, -0.25) is 4.79 Å². The molecule has 110 valence electrons. The van der Waals surface area contributed by atoms with Gasteiger partial charge in [0.25, 0.3) is 0 Å². The van der Waals surface area contributed by atoms with Gasteiger partial charge >= 0.3 is 0 Å². The molecule has 0 aliphatic carbocycles. The summed E-state index contributed by atoms with van der Waals surface area (Å²) in [6.45, 7) is 1.78. The fraction of sp³-hybridized carbons (Fsp3) is 0.188. The van der Waals surface area contributed by atoms with Crippen LogP contribution in [0.4, 0.5) is 4.39 Å². The van der Waals surface area contributed by atoms with Crippen molar-refractivity contribution in [3.8, 4) is 0 Å². The Morgan fingerprint density at radius 2 is 1.81 bits per heavy atom. The Hall–Kier alpha value is -2.01. The lowest BCUT2D eigenvalue weighted by Crippen LogP contribution is -2.18. The predicted octanol–water partition coefficient (Wildman–Crippen LogP) is 2.72. The quantitative estimate of drug-likeness (QED) is 0.853. The van der Waals surface area contributed by atoms with Gasteiger partial charge in [0.2, 0.25) is 0 Å². The first-order valence-corrected chi connectivity index (χ1v) is 8.08. The monoisotopic (exact) mass is 306 g/mol. The Morgan fingerprint density at radius 1 is 1.10 bits per heavy atom. The van der Waals surface area contributed by atoms with E-state index in [1.54, 1.807) is 25.1 Å². The van der Waals surface area contributed by atoms with Crippen LogP contribution in [0.5, 0.6) is 0 Å². The second-order valence-electron chi connectivity index (χ2n) is 4.88. The van der Waals surface area contributed by atoms with Gasteiger partial charge in [-0.1, -0.05) is 30.3 Å². The lowest BCUT2D eigenvalue weighted by molar-refractivity contribution is -0.116. The Labute approximate surface area is 123 Å². The minimum absolute atomic E-state index is 0.115. The van der Waals surface area contributed by atoms with Crippen molar-refractivity contribution in [2.45, 2.75) is 18.2 Å². The second kappa shape index (κ2) is 6.18. The third-order valence-corrected chi connectivity index (χ3v) is 4.72. The molecule has 0 bridgehead atoms. The first-order chi connectivity index (χ1) is 9.88. The van der Waals surface area contributed by atoms with Crippen LogP contribution in [0.15, 0.2) is 53.4 Å². The van der Waals surface area contributed by atoms with E-state index < -0.39 is 27.2 Å². The predicted molar refractivity (Wildman–Crippen MR) is 78.3 cm³/mol. The fourth-order valence-corrected chi connectivity index (χ4v) is 3.35. The minimum Gasteiger partial charge on any atom is -0.298 e.